The molecule has 0 atom stereocenters. The van der Waals surface area contributed by atoms with Crippen molar-refractivity contribution in [3.8, 4) is 5.75 Å². The summed E-state index contributed by atoms with van der Waals surface area (Å²) in [6, 6.07) is 9.06. The van der Waals surface area contributed by atoms with E-state index in [4.69, 9.17) is 4.74 Å². The van der Waals surface area contributed by atoms with Crippen LogP contribution in [0.5, 0.6) is 5.75 Å². The number of hydrogen-bond acceptors (Lipinski definition) is 5. The van der Waals surface area contributed by atoms with Gasteiger partial charge in [-0.15, -0.1) is 11.3 Å². The molecule has 0 aliphatic carbocycles. The summed E-state index contributed by atoms with van der Waals surface area (Å²) in [5.74, 6) is 0.591. The average Bonchev–Trinajstić information content (AvgIpc) is 2.88. The van der Waals surface area contributed by atoms with E-state index in [0.717, 1.165) is 11.3 Å². The van der Waals surface area contributed by atoms with Gasteiger partial charge in [-0.3, -0.25) is 4.79 Å². The van der Waals surface area contributed by atoms with Crippen LogP contribution in [-0.4, -0.2) is 21.8 Å². The van der Waals surface area contributed by atoms with E-state index in [0.29, 0.717) is 16.9 Å². The molecule has 1 heterocycles. The molecule has 0 spiro atoms. The summed E-state index contributed by atoms with van der Waals surface area (Å²) in [5, 5.41) is 0. The molecule has 0 saturated heterocycles. The molecule has 0 amide bonds. The van der Waals surface area contributed by atoms with Gasteiger partial charge in [0, 0.05) is 0 Å². The molecule has 0 aliphatic rings. The Labute approximate surface area is 109 Å². The summed E-state index contributed by atoms with van der Waals surface area (Å²) in [6.07, 6.45) is 0.637. The Morgan fingerprint density at radius 2 is 1.78 bits per heavy atom. The maximum absolute atomic E-state index is 12.2. The molecule has 2 aromatic rings. The summed E-state index contributed by atoms with van der Waals surface area (Å²) in [5.41, 5.74) is 0. The number of ether oxygens (including phenoxy) is 1. The minimum atomic E-state index is -3.55. The number of carbonyl (C=O) groups is 1. The number of thiophene rings is 1. The zero-order valence-electron chi connectivity index (χ0n) is 9.49. The van der Waals surface area contributed by atoms with E-state index < -0.39 is 9.84 Å². The van der Waals surface area contributed by atoms with Crippen molar-refractivity contribution in [3.05, 3.63) is 41.3 Å². The first kappa shape index (κ1) is 12.8. The van der Waals surface area contributed by atoms with Gasteiger partial charge in [0.2, 0.25) is 9.84 Å². The van der Waals surface area contributed by atoms with Crippen LogP contribution in [0.1, 0.15) is 9.67 Å². The highest BCUT2D eigenvalue weighted by Gasteiger charge is 2.19. The monoisotopic (exact) mass is 282 g/mol. The lowest BCUT2D eigenvalue weighted by molar-refractivity contribution is 0.112. The van der Waals surface area contributed by atoms with E-state index in [9.17, 15) is 13.2 Å². The molecule has 0 fully saturated rings. The molecule has 0 saturated carbocycles. The van der Waals surface area contributed by atoms with Crippen LogP contribution in [0.2, 0.25) is 0 Å². The number of aldehydes is 1. The molecule has 1 aromatic carbocycles. The fourth-order valence-corrected chi connectivity index (χ4v) is 3.96. The molecule has 0 radical (unpaired) electrons. The number of carbonyl (C=O) groups excluding carboxylic acids is 1. The van der Waals surface area contributed by atoms with E-state index in [1.165, 1.54) is 31.4 Å². The molecule has 0 bridgehead atoms. The molecular formula is C12H10O4S2. The van der Waals surface area contributed by atoms with Crippen LogP contribution in [0.25, 0.3) is 0 Å². The van der Waals surface area contributed by atoms with Crippen LogP contribution in [0.3, 0.4) is 0 Å². The third kappa shape index (κ3) is 2.30. The highest BCUT2D eigenvalue weighted by Crippen LogP contribution is 2.28. The normalized spacial score (nSPS) is 11.2. The van der Waals surface area contributed by atoms with Gasteiger partial charge in [0.1, 0.15) is 9.96 Å². The van der Waals surface area contributed by atoms with Crippen molar-refractivity contribution in [2.75, 3.05) is 7.11 Å². The Bertz CT molecular complexity index is 654. The third-order valence-electron chi connectivity index (χ3n) is 2.35. The van der Waals surface area contributed by atoms with Gasteiger partial charge in [-0.1, -0.05) is 0 Å². The predicted molar refractivity (Wildman–Crippen MR) is 68.2 cm³/mol. The predicted octanol–water partition coefficient (Wildman–Crippen LogP) is 2.40. The molecule has 94 valence electrons. The topological polar surface area (TPSA) is 60.4 Å². The number of benzene rings is 1. The minimum Gasteiger partial charge on any atom is -0.497 e. The fraction of sp³-hybridized carbons (Fsp3) is 0.0833. The molecular weight excluding hydrogens is 272 g/mol. The van der Waals surface area contributed by atoms with Crippen LogP contribution < -0.4 is 4.74 Å². The molecule has 0 N–H and O–H groups in total. The lowest BCUT2D eigenvalue weighted by Gasteiger charge is -2.03. The lowest BCUT2D eigenvalue weighted by Crippen LogP contribution is -1.99. The maximum atomic E-state index is 12.2. The van der Waals surface area contributed by atoms with Crippen molar-refractivity contribution in [3.63, 3.8) is 0 Å². The second kappa shape index (κ2) is 4.91. The zero-order valence-corrected chi connectivity index (χ0v) is 11.1. The first-order chi connectivity index (χ1) is 8.57. The maximum Gasteiger partial charge on any atom is 0.215 e. The third-order valence-corrected chi connectivity index (χ3v) is 5.62. The fourth-order valence-electron chi connectivity index (χ4n) is 1.41. The Hall–Kier alpha value is -1.66. The Morgan fingerprint density at radius 1 is 1.11 bits per heavy atom. The molecule has 6 heteroatoms. The lowest BCUT2D eigenvalue weighted by atomic mass is 10.3. The van der Waals surface area contributed by atoms with E-state index in [2.05, 4.69) is 0 Å². The second-order valence-corrected chi connectivity index (χ2v) is 6.75. The molecule has 18 heavy (non-hydrogen) atoms. The first-order valence-electron chi connectivity index (χ1n) is 5.02. The van der Waals surface area contributed by atoms with Gasteiger partial charge >= 0.3 is 0 Å². The SMILES string of the molecule is COc1ccc(S(=O)(=O)c2ccc(C=O)s2)cc1. The van der Waals surface area contributed by atoms with Crippen LogP contribution in [0.4, 0.5) is 0 Å². The van der Waals surface area contributed by atoms with Gasteiger partial charge in [0.25, 0.3) is 0 Å². The number of methoxy groups -OCH3 is 1. The van der Waals surface area contributed by atoms with Crippen molar-refractivity contribution in [2.45, 2.75) is 9.10 Å². The largest absolute Gasteiger partial charge is 0.497 e. The quantitative estimate of drug-likeness (QED) is 0.808. The van der Waals surface area contributed by atoms with Gasteiger partial charge < -0.3 is 4.74 Å². The number of hydrogen-bond donors (Lipinski definition) is 0. The Kier molecular flexibility index (Phi) is 3.49. The molecule has 1 aromatic heterocycles. The van der Waals surface area contributed by atoms with Gasteiger partial charge in [-0.25, -0.2) is 8.42 Å². The summed E-state index contributed by atoms with van der Waals surface area (Å²) in [4.78, 5) is 11.1. The van der Waals surface area contributed by atoms with Crippen molar-refractivity contribution in [1.82, 2.24) is 0 Å². The summed E-state index contributed by atoms with van der Waals surface area (Å²) >= 11 is 0.957. The van der Waals surface area contributed by atoms with E-state index >= 15 is 0 Å². The Balaban J connectivity index is 2.43. The average molecular weight is 282 g/mol. The van der Waals surface area contributed by atoms with Crippen LogP contribution in [-0.2, 0) is 9.84 Å². The van der Waals surface area contributed by atoms with Gasteiger partial charge in [-0.2, -0.15) is 0 Å². The highest BCUT2D eigenvalue weighted by molar-refractivity contribution is 7.93. The van der Waals surface area contributed by atoms with E-state index in [1.807, 2.05) is 0 Å². The van der Waals surface area contributed by atoms with Gasteiger partial charge in [-0.05, 0) is 36.4 Å². The second-order valence-electron chi connectivity index (χ2n) is 3.45. The van der Waals surface area contributed by atoms with E-state index in [-0.39, 0.29) is 9.10 Å². The molecule has 2 rings (SSSR count). The summed E-state index contributed by atoms with van der Waals surface area (Å²) in [6.45, 7) is 0. The molecule has 0 unspecified atom stereocenters. The smallest absolute Gasteiger partial charge is 0.215 e. The van der Waals surface area contributed by atoms with Crippen LogP contribution in [0, 0.1) is 0 Å². The Morgan fingerprint density at radius 3 is 2.28 bits per heavy atom. The van der Waals surface area contributed by atoms with Crippen molar-refractivity contribution in [1.29, 1.82) is 0 Å². The van der Waals surface area contributed by atoms with Crippen molar-refractivity contribution < 1.29 is 17.9 Å². The summed E-state index contributed by atoms with van der Waals surface area (Å²) < 4.78 is 29.6. The first-order valence-corrected chi connectivity index (χ1v) is 7.32. The standard InChI is InChI=1S/C12H10O4S2/c1-16-9-2-5-11(6-3-9)18(14,15)12-7-4-10(8-13)17-12/h2-8H,1H3. The van der Waals surface area contributed by atoms with Crippen molar-refractivity contribution >= 4 is 27.5 Å². The number of sulfone groups is 1. The highest BCUT2D eigenvalue weighted by atomic mass is 32.2. The minimum absolute atomic E-state index is 0.162. The van der Waals surface area contributed by atoms with Crippen LogP contribution in [0.15, 0.2) is 45.5 Å². The van der Waals surface area contributed by atoms with Gasteiger partial charge in [0.05, 0.1) is 16.9 Å². The van der Waals surface area contributed by atoms with Gasteiger partial charge in [0.15, 0.2) is 6.29 Å². The molecule has 4 nitrogen and oxygen atoms in total. The van der Waals surface area contributed by atoms with Crippen molar-refractivity contribution in [2.24, 2.45) is 0 Å². The van der Waals surface area contributed by atoms with E-state index in [1.54, 1.807) is 12.1 Å². The zero-order chi connectivity index (χ0) is 13.2. The number of rotatable bonds is 4. The molecule has 0 aliphatic heterocycles. The van der Waals surface area contributed by atoms with Crippen LogP contribution >= 0.6 is 11.3 Å². The summed E-state index contributed by atoms with van der Waals surface area (Å²) in [7, 11) is -2.04.